The number of fused-ring (bicyclic) bond motifs is 1. The van der Waals surface area contributed by atoms with Crippen LogP contribution in [0, 0.1) is 0 Å². The number of amides is 1. The zero-order valence-electron chi connectivity index (χ0n) is 10.1. The molecule has 1 amide bonds. The van der Waals surface area contributed by atoms with Crippen LogP contribution in [0.1, 0.15) is 25.3 Å². The second kappa shape index (κ2) is 5.53. The van der Waals surface area contributed by atoms with Gasteiger partial charge in [0.25, 0.3) is 0 Å². The molecule has 0 bridgehead atoms. The van der Waals surface area contributed by atoms with Gasteiger partial charge in [-0.25, -0.2) is 0 Å². The molecule has 0 fully saturated rings. The highest BCUT2D eigenvalue weighted by atomic mass is 16.1. The fraction of sp³-hybridized carbons (Fsp3) is 0.357. The molecule has 0 aliphatic heterocycles. The van der Waals surface area contributed by atoms with Crippen LogP contribution in [0.5, 0.6) is 0 Å². The molecule has 0 saturated carbocycles. The predicted octanol–water partition coefficient (Wildman–Crippen LogP) is 2.63. The smallest absolute Gasteiger partial charge is 0.224 e. The highest BCUT2D eigenvalue weighted by Gasteiger charge is 2.03. The molecule has 3 heteroatoms. The molecule has 0 aliphatic rings. The number of unbranched alkanes of at least 4 members (excludes halogenated alkanes) is 1. The van der Waals surface area contributed by atoms with Crippen LogP contribution >= 0.6 is 0 Å². The van der Waals surface area contributed by atoms with Gasteiger partial charge in [0, 0.05) is 18.3 Å². The van der Waals surface area contributed by atoms with Gasteiger partial charge in [0.2, 0.25) is 5.91 Å². The predicted molar refractivity (Wildman–Crippen MR) is 69.9 cm³/mol. The molecule has 1 aromatic carbocycles. The normalized spacial score (nSPS) is 10.6. The van der Waals surface area contributed by atoms with Gasteiger partial charge in [-0.15, -0.1) is 0 Å². The lowest BCUT2D eigenvalue weighted by atomic mass is 10.1. The van der Waals surface area contributed by atoms with E-state index in [9.17, 15) is 4.79 Å². The first-order chi connectivity index (χ1) is 8.29. The lowest BCUT2D eigenvalue weighted by Gasteiger charge is -2.04. The van der Waals surface area contributed by atoms with E-state index >= 15 is 0 Å². The summed E-state index contributed by atoms with van der Waals surface area (Å²) in [5, 5.41) is 4.11. The van der Waals surface area contributed by atoms with E-state index in [4.69, 9.17) is 0 Å². The standard InChI is InChI=1S/C14H18N2O/c1-2-3-7-16-14(17)10-11-4-5-12-6-8-15-13(12)9-11/h4-6,8-9,15H,2-3,7,10H2,1H3,(H,16,17). The van der Waals surface area contributed by atoms with E-state index in [0.717, 1.165) is 30.5 Å². The van der Waals surface area contributed by atoms with Crippen molar-refractivity contribution in [1.29, 1.82) is 0 Å². The second-order valence-corrected chi connectivity index (χ2v) is 4.28. The molecule has 1 heterocycles. The highest BCUT2D eigenvalue weighted by molar-refractivity contribution is 5.83. The van der Waals surface area contributed by atoms with Crippen molar-refractivity contribution in [2.75, 3.05) is 6.54 Å². The lowest BCUT2D eigenvalue weighted by molar-refractivity contribution is -0.120. The fourth-order valence-electron chi connectivity index (χ4n) is 1.86. The van der Waals surface area contributed by atoms with E-state index in [0.29, 0.717) is 6.42 Å². The molecule has 0 atom stereocenters. The molecule has 2 rings (SSSR count). The number of nitrogens with one attached hydrogen (secondary N) is 2. The van der Waals surface area contributed by atoms with Crippen LogP contribution in [0.2, 0.25) is 0 Å². The molecule has 2 N–H and O–H groups in total. The van der Waals surface area contributed by atoms with Crippen LogP contribution in [0.3, 0.4) is 0 Å². The Morgan fingerprint density at radius 3 is 3.06 bits per heavy atom. The van der Waals surface area contributed by atoms with Gasteiger partial charge in [-0.05, 0) is 29.5 Å². The Morgan fingerprint density at radius 1 is 1.35 bits per heavy atom. The number of benzene rings is 1. The average molecular weight is 230 g/mol. The van der Waals surface area contributed by atoms with Gasteiger partial charge in [-0.3, -0.25) is 4.79 Å². The number of hydrogen-bond acceptors (Lipinski definition) is 1. The van der Waals surface area contributed by atoms with Crippen molar-refractivity contribution in [3.63, 3.8) is 0 Å². The molecule has 2 aromatic rings. The molecule has 3 nitrogen and oxygen atoms in total. The Labute approximate surface area is 101 Å². The summed E-state index contributed by atoms with van der Waals surface area (Å²) < 4.78 is 0. The van der Waals surface area contributed by atoms with Gasteiger partial charge >= 0.3 is 0 Å². The molecular formula is C14H18N2O. The van der Waals surface area contributed by atoms with Crippen LogP contribution in [0.25, 0.3) is 10.9 Å². The highest BCUT2D eigenvalue weighted by Crippen LogP contribution is 2.14. The van der Waals surface area contributed by atoms with E-state index in [1.165, 1.54) is 5.39 Å². The van der Waals surface area contributed by atoms with Crippen LogP contribution in [-0.4, -0.2) is 17.4 Å². The van der Waals surface area contributed by atoms with Crippen molar-refractivity contribution >= 4 is 16.8 Å². The largest absolute Gasteiger partial charge is 0.361 e. The molecule has 0 saturated heterocycles. The Kier molecular flexibility index (Phi) is 3.81. The number of hydrogen-bond donors (Lipinski definition) is 2. The zero-order valence-corrected chi connectivity index (χ0v) is 10.1. The maximum absolute atomic E-state index is 11.6. The maximum atomic E-state index is 11.6. The monoisotopic (exact) mass is 230 g/mol. The summed E-state index contributed by atoms with van der Waals surface area (Å²) >= 11 is 0. The van der Waals surface area contributed by atoms with Crippen molar-refractivity contribution in [2.45, 2.75) is 26.2 Å². The van der Waals surface area contributed by atoms with E-state index in [2.05, 4.69) is 17.2 Å². The minimum absolute atomic E-state index is 0.101. The van der Waals surface area contributed by atoms with Gasteiger partial charge in [0.1, 0.15) is 0 Å². The summed E-state index contributed by atoms with van der Waals surface area (Å²) in [7, 11) is 0. The van der Waals surface area contributed by atoms with Gasteiger partial charge in [-0.1, -0.05) is 25.5 Å². The zero-order chi connectivity index (χ0) is 12.1. The van der Waals surface area contributed by atoms with Crippen LogP contribution in [-0.2, 0) is 11.2 Å². The minimum atomic E-state index is 0.101. The van der Waals surface area contributed by atoms with Gasteiger partial charge in [-0.2, -0.15) is 0 Å². The number of H-pyrrole nitrogens is 1. The minimum Gasteiger partial charge on any atom is -0.361 e. The van der Waals surface area contributed by atoms with Gasteiger partial charge in [0.05, 0.1) is 6.42 Å². The maximum Gasteiger partial charge on any atom is 0.224 e. The molecule has 90 valence electrons. The van der Waals surface area contributed by atoms with Gasteiger partial charge in [0.15, 0.2) is 0 Å². The third kappa shape index (κ3) is 3.09. The Balaban J connectivity index is 1.95. The summed E-state index contributed by atoms with van der Waals surface area (Å²) in [5.41, 5.74) is 2.14. The molecule has 0 aliphatic carbocycles. The fourth-order valence-corrected chi connectivity index (χ4v) is 1.86. The number of carbonyl (C=O) groups excluding carboxylic acids is 1. The van der Waals surface area contributed by atoms with E-state index in [1.54, 1.807) is 0 Å². The first-order valence-corrected chi connectivity index (χ1v) is 6.12. The summed E-state index contributed by atoms with van der Waals surface area (Å²) in [4.78, 5) is 14.8. The van der Waals surface area contributed by atoms with Crippen molar-refractivity contribution in [1.82, 2.24) is 10.3 Å². The van der Waals surface area contributed by atoms with Crippen LogP contribution in [0.4, 0.5) is 0 Å². The van der Waals surface area contributed by atoms with E-state index in [-0.39, 0.29) is 5.91 Å². The van der Waals surface area contributed by atoms with Crippen molar-refractivity contribution in [2.24, 2.45) is 0 Å². The average Bonchev–Trinajstić information content (AvgIpc) is 2.76. The number of aromatic nitrogens is 1. The SMILES string of the molecule is CCCCNC(=O)Cc1ccc2cc[nH]c2c1. The molecule has 0 spiro atoms. The van der Waals surface area contributed by atoms with Crippen molar-refractivity contribution < 1.29 is 4.79 Å². The van der Waals surface area contributed by atoms with Crippen LogP contribution < -0.4 is 5.32 Å². The third-order valence-electron chi connectivity index (χ3n) is 2.84. The van der Waals surface area contributed by atoms with Crippen molar-refractivity contribution in [3.05, 3.63) is 36.0 Å². The van der Waals surface area contributed by atoms with Gasteiger partial charge < -0.3 is 10.3 Å². The molecule has 0 unspecified atom stereocenters. The molecule has 1 aromatic heterocycles. The number of rotatable bonds is 5. The second-order valence-electron chi connectivity index (χ2n) is 4.28. The summed E-state index contributed by atoms with van der Waals surface area (Å²) in [6.45, 7) is 2.89. The number of aromatic amines is 1. The number of carbonyl (C=O) groups is 1. The van der Waals surface area contributed by atoms with E-state index in [1.807, 2.05) is 30.5 Å². The lowest BCUT2D eigenvalue weighted by Crippen LogP contribution is -2.25. The Hall–Kier alpha value is -1.77. The molecular weight excluding hydrogens is 212 g/mol. The third-order valence-corrected chi connectivity index (χ3v) is 2.84. The van der Waals surface area contributed by atoms with Crippen molar-refractivity contribution in [3.8, 4) is 0 Å². The summed E-state index contributed by atoms with van der Waals surface area (Å²) in [6, 6.07) is 8.12. The molecule has 17 heavy (non-hydrogen) atoms. The quantitative estimate of drug-likeness (QED) is 0.762. The summed E-state index contributed by atoms with van der Waals surface area (Å²) in [5.74, 6) is 0.101. The topological polar surface area (TPSA) is 44.9 Å². The first-order valence-electron chi connectivity index (χ1n) is 6.12. The molecule has 0 radical (unpaired) electrons. The Morgan fingerprint density at radius 2 is 2.24 bits per heavy atom. The summed E-state index contributed by atoms with van der Waals surface area (Å²) in [6.07, 6.45) is 4.52. The first kappa shape index (κ1) is 11.7. The van der Waals surface area contributed by atoms with Crippen LogP contribution in [0.15, 0.2) is 30.5 Å². The Bertz CT molecular complexity index is 502. The van der Waals surface area contributed by atoms with E-state index < -0.39 is 0 Å².